The molecule has 0 aromatic heterocycles. The molecule has 1 atom stereocenters. The van der Waals surface area contributed by atoms with Gasteiger partial charge in [0.1, 0.15) is 12.4 Å². The number of nitrogens with zero attached hydrogens (tertiary/aromatic N) is 2. The third kappa shape index (κ3) is 6.92. The normalized spacial score (nSPS) is 13.3. The zero-order chi connectivity index (χ0) is 21.5. The van der Waals surface area contributed by atoms with Crippen LogP contribution in [-0.2, 0) is 11.4 Å². The number of ether oxygens (including phenoxy) is 1. The minimum absolute atomic E-state index is 0. The van der Waals surface area contributed by atoms with E-state index in [4.69, 9.17) is 4.74 Å². The molecular weight excluding hydrogens is 429 g/mol. The van der Waals surface area contributed by atoms with E-state index in [2.05, 4.69) is 15.6 Å². The van der Waals surface area contributed by atoms with Crippen LogP contribution >= 0.6 is 0 Å². The van der Waals surface area contributed by atoms with Gasteiger partial charge >= 0.3 is 57.4 Å². The number of aliphatic carboxylic acids is 1. The monoisotopic (exact) mass is 453 g/mol. The van der Waals surface area contributed by atoms with Crippen molar-refractivity contribution < 1.29 is 66.0 Å². The molecule has 32 heavy (non-hydrogen) atoms. The number of carboxylic acid groups (broad SMARTS) is 1. The summed E-state index contributed by atoms with van der Waals surface area (Å²) in [5.41, 5.74) is 3.71. The van der Waals surface area contributed by atoms with Crippen molar-refractivity contribution in [1.29, 1.82) is 0 Å². The van der Waals surface area contributed by atoms with Crippen LogP contribution in [0.3, 0.4) is 0 Å². The molecule has 1 aliphatic heterocycles. The number of benzene rings is 3. The van der Waals surface area contributed by atoms with Crippen molar-refractivity contribution in [2.24, 2.45) is 4.99 Å². The summed E-state index contributed by atoms with van der Waals surface area (Å²) < 4.78 is 6.01. The first-order valence-corrected chi connectivity index (χ1v) is 10.3. The maximum atomic E-state index is 11.5. The van der Waals surface area contributed by atoms with Gasteiger partial charge in [-0.1, -0.05) is 60.7 Å². The Labute approximate surface area is 230 Å². The molecule has 0 fully saturated rings. The second-order valence-corrected chi connectivity index (χ2v) is 7.34. The topological polar surface area (TPSA) is 85.0 Å². The van der Waals surface area contributed by atoms with E-state index in [0.29, 0.717) is 18.3 Å². The molecule has 0 saturated carbocycles. The van der Waals surface area contributed by atoms with Gasteiger partial charge in [0, 0.05) is 11.9 Å². The van der Waals surface area contributed by atoms with Gasteiger partial charge < -0.3 is 25.5 Å². The molecule has 0 bridgehead atoms. The molecular formula is C25H24KN3O3. The summed E-state index contributed by atoms with van der Waals surface area (Å²) in [6, 6.07) is 25.2. The molecule has 0 radical (unpaired) electrons. The van der Waals surface area contributed by atoms with Gasteiger partial charge in [-0.2, -0.15) is 0 Å². The van der Waals surface area contributed by atoms with Crippen molar-refractivity contribution in [1.82, 2.24) is 5.32 Å². The number of carbonyl (C=O) groups is 1. The summed E-state index contributed by atoms with van der Waals surface area (Å²) >= 11 is 0. The van der Waals surface area contributed by atoms with Gasteiger partial charge in [-0.3, -0.25) is 4.79 Å². The largest absolute Gasteiger partial charge is 1.00 e. The van der Waals surface area contributed by atoms with Crippen molar-refractivity contribution in [3.8, 4) is 5.75 Å². The Bertz CT molecular complexity index is 1070. The predicted octanol–water partition coefficient (Wildman–Crippen LogP) is 1.84. The van der Waals surface area contributed by atoms with Gasteiger partial charge in [-0.15, -0.1) is 0 Å². The Kier molecular flexibility index (Phi) is 9.31. The Hall–Kier alpha value is -2.16. The molecule has 0 spiro atoms. The van der Waals surface area contributed by atoms with Gasteiger partial charge in [-0.05, 0) is 53.7 Å². The molecule has 6 nitrogen and oxygen atoms in total. The Balaban J connectivity index is 0.00000289. The molecule has 0 saturated heterocycles. The van der Waals surface area contributed by atoms with Crippen LogP contribution in [0.25, 0.3) is 5.32 Å². The summed E-state index contributed by atoms with van der Waals surface area (Å²) in [5, 5.41) is 17.0. The number of carboxylic acids is 1. The van der Waals surface area contributed by atoms with Crippen LogP contribution in [0.2, 0.25) is 0 Å². The van der Waals surface area contributed by atoms with Crippen LogP contribution in [0.5, 0.6) is 5.75 Å². The maximum Gasteiger partial charge on any atom is 1.00 e. The summed E-state index contributed by atoms with van der Waals surface area (Å²) in [4.78, 5) is 15.7. The van der Waals surface area contributed by atoms with Crippen molar-refractivity contribution >= 4 is 17.6 Å². The molecule has 2 N–H and O–H groups in total. The number of hydrogen-bond acceptors (Lipinski definition) is 4. The van der Waals surface area contributed by atoms with E-state index < -0.39 is 5.97 Å². The van der Waals surface area contributed by atoms with Gasteiger partial charge in [0.15, 0.2) is 0 Å². The fourth-order valence-corrected chi connectivity index (χ4v) is 3.57. The van der Waals surface area contributed by atoms with E-state index in [1.165, 1.54) is 0 Å². The zero-order valence-electron chi connectivity index (χ0n) is 18.1. The quantitative estimate of drug-likeness (QED) is 0.510. The number of aliphatic imine (C=N–C) groups is 1. The van der Waals surface area contributed by atoms with E-state index in [0.717, 1.165) is 35.5 Å². The molecule has 0 aliphatic carbocycles. The number of guanidine groups is 1. The SMILES string of the molecule is O=C(O)CC(c1ccccc1)c1cccc(OCc2cccc([N-]C3=NCCN3)c2)c1.[K+]. The molecule has 0 amide bonds. The van der Waals surface area contributed by atoms with E-state index in [1.54, 1.807) is 0 Å². The second-order valence-electron chi connectivity index (χ2n) is 7.34. The molecule has 1 heterocycles. The third-order valence-electron chi connectivity index (χ3n) is 5.05. The van der Waals surface area contributed by atoms with E-state index >= 15 is 0 Å². The smallest absolute Gasteiger partial charge is 0.489 e. The van der Waals surface area contributed by atoms with Crippen LogP contribution in [0.1, 0.15) is 29.0 Å². The molecule has 3 aromatic rings. The minimum atomic E-state index is -0.831. The molecule has 1 unspecified atom stereocenters. The van der Waals surface area contributed by atoms with Crippen LogP contribution in [-0.4, -0.2) is 30.1 Å². The fourth-order valence-electron chi connectivity index (χ4n) is 3.57. The molecule has 3 aromatic carbocycles. The van der Waals surface area contributed by atoms with Gasteiger partial charge in [0.2, 0.25) is 0 Å². The predicted molar refractivity (Wildman–Crippen MR) is 121 cm³/mol. The minimum Gasteiger partial charge on any atom is -0.489 e. The first kappa shape index (κ1) is 24.5. The van der Waals surface area contributed by atoms with Crippen LogP contribution < -0.4 is 61.4 Å². The number of hydrogen-bond donors (Lipinski definition) is 2. The first-order chi connectivity index (χ1) is 15.2. The average molecular weight is 454 g/mol. The molecule has 4 rings (SSSR count). The Morgan fingerprint density at radius 2 is 1.81 bits per heavy atom. The fraction of sp³-hybridized carbons (Fsp3) is 0.200. The van der Waals surface area contributed by atoms with Crippen molar-refractivity contribution in [3.63, 3.8) is 0 Å². The number of rotatable bonds is 8. The van der Waals surface area contributed by atoms with Crippen molar-refractivity contribution in [3.05, 3.63) is 101 Å². The van der Waals surface area contributed by atoms with Crippen molar-refractivity contribution in [2.45, 2.75) is 18.9 Å². The van der Waals surface area contributed by atoms with Crippen LogP contribution in [0.4, 0.5) is 5.69 Å². The number of nitrogens with one attached hydrogen (secondary N) is 1. The molecule has 158 valence electrons. The first-order valence-electron chi connectivity index (χ1n) is 10.3. The summed E-state index contributed by atoms with van der Waals surface area (Å²) in [7, 11) is 0. The summed E-state index contributed by atoms with van der Waals surface area (Å²) in [6.07, 6.45) is 0.0228. The van der Waals surface area contributed by atoms with E-state index in [1.807, 2.05) is 78.9 Å². The zero-order valence-corrected chi connectivity index (χ0v) is 21.2. The third-order valence-corrected chi connectivity index (χ3v) is 5.05. The Morgan fingerprint density at radius 3 is 2.56 bits per heavy atom. The van der Waals surface area contributed by atoms with Crippen LogP contribution in [0.15, 0.2) is 83.9 Å². The molecule has 7 heteroatoms. The van der Waals surface area contributed by atoms with E-state index in [9.17, 15) is 9.90 Å². The Morgan fingerprint density at radius 1 is 1.03 bits per heavy atom. The second kappa shape index (κ2) is 12.2. The van der Waals surface area contributed by atoms with Gasteiger partial charge in [0.05, 0.1) is 6.42 Å². The van der Waals surface area contributed by atoms with Gasteiger partial charge in [0.25, 0.3) is 0 Å². The van der Waals surface area contributed by atoms with Crippen molar-refractivity contribution in [2.75, 3.05) is 13.1 Å². The standard InChI is InChI=1S/C25H25N3O3.K/c29-24(30)16-23(19-7-2-1-3-8-19)20-9-5-11-22(15-20)31-17-18-6-4-10-21(14-18)28-25-26-12-13-27-25;/h1-11,14-15,23H,12-13,16-17H2,(H3,26,27,28,29,30);/q;+1/p-1. The average Bonchev–Trinajstić information content (AvgIpc) is 3.30. The molecule has 1 aliphatic rings. The maximum absolute atomic E-state index is 11.5. The summed E-state index contributed by atoms with van der Waals surface area (Å²) in [6.45, 7) is 1.97. The van der Waals surface area contributed by atoms with Crippen LogP contribution in [0, 0.1) is 0 Å². The van der Waals surface area contributed by atoms with Gasteiger partial charge in [-0.25, -0.2) is 0 Å². The summed E-state index contributed by atoms with van der Waals surface area (Å²) in [5.74, 6) is 0.301. The van der Waals surface area contributed by atoms with E-state index in [-0.39, 0.29) is 63.7 Å².